The summed E-state index contributed by atoms with van der Waals surface area (Å²) in [4.78, 5) is 11.1. The van der Waals surface area contributed by atoms with Gasteiger partial charge in [0.2, 0.25) is 0 Å². The van der Waals surface area contributed by atoms with E-state index in [1.807, 2.05) is 0 Å². The number of allylic oxidation sites excluding steroid dienone is 2. The average Bonchev–Trinajstić information content (AvgIpc) is 2.49. The largest absolute Gasteiger partial charge is 0.499 e. The zero-order chi connectivity index (χ0) is 19.6. The number of hydrogen-bond acceptors (Lipinski definition) is 5. The fourth-order valence-corrected chi connectivity index (χ4v) is 2.44. The van der Waals surface area contributed by atoms with Crippen LogP contribution in [0.1, 0.15) is 19.8 Å². The molecule has 0 bridgehead atoms. The highest BCUT2D eigenvalue weighted by atomic mass is 19.4. The minimum atomic E-state index is -5.96. The maximum Gasteiger partial charge on any atom is 0.430 e. The fourth-order valence-electron chi connectivity index (χ4n) is 2.44. The van der Waals surface area contributed by atoms with Crippen LogP contribution >= 0.6 is 0 Å². The number of ether oxygens (including phenoxy) is 2. The number of hydrogen-bond donors (Lipinski definition) is 2. The summed E-state index contributed by atoms with van der Waals surface area (Å²) in [6.45, 7) is 0.703. The van der Waals surface area contributed by atoms with Crippen molar-refractivity contribution in [1.29, 1.82) is 0 Å². The number of carbonyl (C=O) groups is 1. The monoisotopic (exact) mass is 377 g/mol. The number of nitrogens with one attached hydrogen (secondary N) is 1. The zero-order valence-electron chi connectivity index (χ0n) is 13.6. The molecule has 5 nitrogen and oxygen atoms in total. The molecule has 0 spiro atoms. The molecule has 25 heavy (non-hydrogen) atoms. The van der Waals surface area contributed by atoms with Gasteiger partial charge in [-0.3, -0.25) is 4.79 Å². The van der Waals surface area contributed by atoms with E-state index >= 15 is 0 Å². The normalized spacial score (nSPS) is 16.9. The van der Waals surface area contributed by atoms with E-state index in [2.05, 4.69) is 10.1 Å². The van der Waals surface area contributed by atoms with Crippen LogP contribution in [0.25, 0.3) is 0 Å². The fraction of sp³-hybridized carbons (Fsp3) is 0.643. The van der Waals surface area contributed by atoms with E-state index in [4.69, 9.17) is 4.74 Å². The van der Waals surface area contributed by atoms with Crippen molar-refractivity contribution in [2.24, 2.45) is 0 Å². The second-order valence-electron chi connectivity index (χ2n) is 5.35. The van der Waals surface area contributed by atoms with Gasteiger partial charge >= 0.3 is 18.3 Å². The molecule has 0 fully saturated rings. The Morgan fingerprint density at radius 2 is 1.64 bits per heavy atom. The second-order valence-corrected chi connectivity index (χ2v) is 5.35. The van der Waals surface area contributed by atoms with Crippen molar-refractivity contribution in [1.82, 2.24) is 5.32 Å². The Hall–Kier alpha value is -1.91. The first-order valence-electron chi connectivity index (χ1n) is 6.91. The molecule has 11 heteroatoms. The first-order chi connectivity index (χ1) is 11.3. The summed E-state index contributed by atoms with van der Waals surface area (Å²) in [5.74, 6) is -0.922. The van der Waals surface area contributed by atoms with E-state index in [9.17, 15) is 36.2 Å². The number of esters is 1. The van der Waals surface area contributed by atoms with Crippen LogP contribution in [-0.4, -0.2) is 49.8 Å². The summed E-state index contributed by atoms with van der Waals surface area (Å²) >= 11 is 0. The van der Waals surface area contributed by atoms with E-state index in [-0.39, 0.29) is 30.0 Å². The van der Waals surface area contributed by atoms with E-state index in [1.54, 1.807) is 0 Å². The molecule has 0 radical (unpaired) electrons. The van der Waals surface area contributed by atoms with Crippen LogP contribution in [0.15, 0.2) is 22.6 Å². The van der Waals surface area contributed by atoms with Gasteiger partial charge in [-0.2, -0.15) is 26.3 Å². The zero-order valence-corrected chi connectivity index (χ0v) is 13.6. The van der Waals surface area contributed by atoms with Gasteiger partial charge < -0.3 is 19.9 Å². The van der Waals surface area contributed by atoms with E-state index < -0.39 is 35.9 Å². The van der Waals surface area contributed by atoms with Crippen molar-refractivity contribution in [3.05, 3.63) is 22.6 Å². The van der Waals surface area contributed by atoms with Crippen LogP contribution in [0.5, 0.6) is 0 Å². The molecule has 0 heterocycles. The summed E-state index contributed by atoms with van der Waals surface area (Å²) in [5, 5.41) is 12.1. The van der Waals surface area contributed by atoms with Crippen LogP contribution < -0.4 is 5.32 Å². The lowest BCUT2D eigenvalue weighted by Crippen LogP contribution is -2.58. The Balaban J connectivity index is 3.26. The first-order valence-corrected chi connectivity index (χ1v) is 6.91. The molecule has 0 amide bonds. The third-order valence-corrected chi connectivity index (χ3v) is 3.81. The summed E-state index contributed by atoms with van der Waals surface area (Å²) in [5.41, 5.74) is -6.42. The Morgan fingerprint density at radius 1 is 1.12 bits per heavy atom. The van der Waals surface area contributed by atoms with Gasteiger partial charge in [0, 0.05) is 12.8 Å². The van der Waals surface area contributed by atoms with Gasteiger partial charge in [0.1, 0.15) is 12.3 Å². The number of alkyl halides is 6. The van der Waals surface area contributed by atoms with Gasteiger partial charge in [-0.15, -0.1) is 0 Å². The molecule has 1 rings (SSSR count). The molecule has 2 N–H and O–H groups in total. The quantitative estimate of drug-likeness (QED) is 0.438. The van der Waals surface area contributed by atoms with Gasteiger partial charge in [0.25, 0.3) is 5.60 Å². The average molecular weight is 377 g/mol. The molecule has 0 saturated carbocycles. The topological polar surface area (TPSA) is 67.8 Å². The Kier molecular flexibility index (Phi) is 6.04. The second kappa shape index (κ2) is 7.14. The minimum Gasteiger partial charge on any atom is -0.499 e. The van der Waals surface area contributed by atoms with Crippen molar-refractivity contribution in [3.63, 3.8) is 0 Å². The van der Waals surface area contributed by atoms with Gasteiger partial charge in [0.15, 0.2) is 0 Å². The lowest BCUT2D eigenvalue weighted by atomic mass is 9.81. The third kappa shape index (κ3) is 4.02. The highest BCUT2D eigenvalue weighted by molar-refractivity contribution is 5.71. The van der Waals surface area contributed by atoms with Gasteiger partial charge in [-0.1, -0.05) is 5.57 Å². The maximum atomic E-state index is 13.0. The maximum absolute atomic E-state index is 13.0. The van der Waals surface area contributed by atoms with Crippen LogP contribution in [0.3, 0.4) is 0 Å². The number of carbonyl (C=O) groups excluding carboxylic acids is 1. The number of aliphatic hydroxyl groups is 1. The summed E-state index contributed by atoms with van der Waals surface area (Å²) in [6, 6.07) is 0. The molecule has 0 saturated heterocycles. The molecule has 0 aromatic rings. The standard InChI is InChI=1S/C14H17F6NO4/c1-7-4-9(21-6-11(22)25-3)10(24-2)5-8(7)12(23,13(15,16)17)14(18,19)20/h21,23H,4-6H2,1-3H3. The number of rotatable bonds is 5. The molecule has 0 aromatic heterocycles. The molecule has 0 aromatic carbocycles. The van der Waals surface area contributed by atoms with Gasteiger partial charge in [-0.25, -0.2) is 0 Å². The van der Waals surface area contributed by atoms with Crippen molar-refractivity contribution in [2.45, 2.75) is 37.7 Å². The Morgan fingerprint density at radius 3 is 2.04 bits per heavy atom. The predicted molar refractivity (Wildman–Crippen MR) is 73.0 cm³/mol. The first kappa shape index (κ1) is 21.1. The highest BCUT2D eigenvalue weighted by Crippen LogP contribution is 2.51. The van der Waals surface area contributed by atoms with E-state index in [0.717, 1.165) is 21.1 Å². The molecule has 0 unspecified atom stereocenters. The highest BCUT2D eigenvalue weighted by Gasteiger charge is 2.72. The molecule has 1 aliphatic rings. The van der Waals surface area contributed by atoms with Gasteiger partial charge in [-0.05, 0) is 12.5 Å². The Bertz CT molecular complexity index is 577. The lowest BCUT2D eigenvalue weighted by molar-refractivity contribution is -0.353. The third-order valence-electron chi connectivity index (χ3n) is 3.81. The van der Waals surface area contributed by atoms with Crippen molar-refractivity contribution < 1.29 is 45.7 Å². The molecule has 1 aliphatic carbocycles. The van der Waals surface area contributed by atoms with E-state index in [0.29, 0.717) is 0 Å². The van der Waals surface area contributed by atoms with Crippen LogP contribution in [-0.2, 0) is 14.3 Å². The predicted octanol–water partition coefficient (Wildman–Crippen LogP) is 2.57. The summed E-state index contributed by atoms with van der Waals surface area (Å²) < 4.78 is 87.5. The molecule has 0 aliphatic heterocycles. The molecule has 144 valence electrons. The smallest absolute Gasteiger partial charge is 0.430 e. The molecular formula is C14H17F6NO4. The summed E-state index contributed by atoms with van der Waals surface area (Å²) in [7, 11) is 2.18. The lowest BCUT2D eigenvalue weighted by Gasteiger charge is -2.38. The number of halogens is 6. The SMILES string of the molecule is COC(=O)CNC1=C(OC)CC(C(O)(C(F)(F)F)C(F)(F)F)=C(C)C1. The van der Waals surface area contributed by atoms with E-state index in [1.165, 1.54) is 0 Å². The van der Waals surface area contributed by atoms with Crippen LogP contribution in [0.2, 0.25) is 0 Å². The minimum absolute atomic E-state index is 0.140. The molecule has 0 atom stereocenters. The van der Waals surface area contributed by atoms with Crippen molar-refractivity contribution in [3.8, 4) is 0 Å². The Labute approximate surface area is 139 Å². The number of methoxy groups -OCH3 is 2. The molecular weight excluding hydrogens is 360 g/mol. The van der Waals surface area contributed by atoms with Crippen molar-refractivity contribution in [2.75, 3.05) is 20.8 Å². The van der Waals surface area contributed by atoms with Crippen LogP contribution in [0, 0.1) is 0 Å². The van der Waals surface area contributed by atoms with Crippen molar-refractivity contribution >= 4 is 5.97 Å². The summed E-state index contributed by atoms with van der Waals surface area (Å²) in [6.07, 6.45) is -13.2. The van der Waals surface area contributed by atoms with Crippen LogP contribution in [0.4, 0.5) is 26.3 Å². The van der Waals surface area contributed by atoms with Gasteiger partial charge in [0.05, 0.1) is 19.9 Å².